The Kier molecular flexibility index (Phi) is 3.89. The molecule has 0 spiro atoms. The smallest absolute Gasteiger partial charge is 0.144 e. The molecule has 2 aromatic rings. The summed E-state index contributed by atoms with van der Waals surface area (Å²) in [5.41, 5.74) is 1.13. The first-order valence-corrected chi connectivity index (χ1v) is 7.06. The molecule has 6 heteroatoms. The highest BCUT2D eigenvalue weighted by atomic mass is 35.5. The first-order valence-electron chi connectivity index (χ1n) is 6.68. The van der Waals surface area contributed by atoms with Crippen LogP contribution in [0.3, 0.4) is 0 Å². The van der Waals surface area contributed by atoms with Gasteiger partial charge in [0.1, 0.15) is 5.82 Å². The van der Waals surface area contributed by atoms with Gasteiger partial charge in [-0.05, 0) is 18.6 Å². The molecule has 3 rings (SSSR count). The summed E-state index contributed by atoms with van der Waals surface area (Å²) in [5, 5.41) is 8.16. The molecule has 20 heavy (non-hydrogen) atoms. The molecule has 5 nitrogen and oxygen atoms in total. The predicted molar refractivity (Wildman–Crippen MR) is 77.7 cm³/mol. The maximum Gasteiger partial charge on any atom is 0.144 e. The quantitative estimate of drug-likeness (QED) is 0.941. The van der Waals surface area contributed by atoms with Crippen LogP contribution in [0.4, 0.5) is 5.82 Å². The van der Waals surface area contributed by atoms with Crippen molar-refractivity contribution in [2.75, 3.05) is 18.5 Å². The van der Waals surface area contributed by atoms with Crippen molar-refractivity contribution in [2.45, 2.75) is 12.5 Å². The van der Waals surface area contributed by atoms with E-state index in [1.807, 2.05) is 31.6 Å². The number of anilines is 1. The lowest BCUT2D eigenvalue weighted by atomic mass is 9.97. The van der Waals surface area contributed by atoms with E-state index in [1.165, 1.54) is 0 Å². The number of hydrogen-bond donors (Lipinski definition) is 1. The average molecular weight is 293 g/mol. The number of nitrogens with one attached hydrogen (secondary N) is 1. The number of hydrogen-bond acceptors (Lipinski definition) is 4. The Morgan fingerprint density at radius 2 is 2.45 bits per heavy atom. The van der Waals surface area contributed by atoms with E-state index >= 15 is 0 Å². The summed E-state index contributed by atoms with van der Waals surface area (Å²) < 4.78 is 7.64. The first-order chi connectivity index (χ1) is 9.74. The molecule has 2 aromatic heterocycles. The number of pyridine rings is 1. The van der Waals surface area contributed by atoms with Crippen LogP contribution in [0.5, 0.6) is 0 Å². The third-order valence-electron chi connectivity index (χ3n) is 3.56. The van der Waals surface area contributed by atoms with Gasteiger partial charge < -0.3 is 10.1 Å². The maximum atomic E-state index is 6.10. The largest absolute Gasteiger partial charge is 0.373 e. The highest BCUT2D eigenvalue weighted by molar-refractivity contribution is 6.32. The highest BCUT2D eigenvalue weighted by Crippen LogP contribution is 2.34. The van der Waals surface area contributed by atoms with Gasteiger partial charge in [-0.15, -0.1) is 0 Å². The molecule has 1 aliphatic rings. The fraction of sp³-hybridized carbons (Fsp3) is 0.429. The standard InChI is InChI=1S/C14H17ClN4O/c1-19-9-11(8-18-19)13-10(4-6-20-13)7-17-14-12(15)3-2-5-16-14/h2-3,5,8-10,13H,4,6-7H2,1H3,(H,16,17)/t10-,13+/m0/s1. The van der Waals surface area contributed by atoms with E-state index in [0.29, 0.717) is 10.9 Å². The van der Waals surface area contributed by atoms with E-state index in [4.69, 9.17) is 16.3 Å². The molecule has 0 aliphatic carbocycles. The van der Waals surface area contributed by atoms with Crippen molar-refractivity contribution < 1.29 is 4.74 Å². The lowest BCUT2D eigenvalue weighted by Gasteiger charge is -2.18. The normalized spacial score (nSPS) is 22.1. The molecule has 0 bridgehead atoms. The van der Waals surface area contributed by atoms with Gasteiger partial charge in [-0.25, -0.2) is 4.98 Å². The van der Waals surface area contributed by atoms with Crippen LogP contribution in [0.15, 0.2) is 30.7 Å². The van der Waals surface area contributed by atoms with Crippen LogP contribution in [0, 0.1) is 5.92 Å². The zero-order valence-electron chi connectivity index (χ0n) is 11.3. The highest BCUT2D eigenvalue weighted by Gasteiger charge is 2.30. The van der Waals surface area contributed by atoms with Crippen LogP contribution in [0.1, 0.15) is 18.1 Å². The Balaban J connectivity index is 1.66. The summed E-state index contributed by atoms with van der Waals surface area (Å²) in [5.74, 6) is 1.13. The van der Waals surface area contributed by atoms with Gasteiger partial charge in [0.05, 0.1) is 17.3 Å². The van der Waals surface area contributed by atoms with Gasteiger partial charge in [0, 0.05) is 44.1 Å². The van der Waals surface area contributed by atoms with Crippen LogP contribution in [0.25, 0.3) is 0 Å². The van der Waals surface area contributed by atoms with Crippen molar-refractivity contribution in [2.24, 2.45) is 13.0 Å². The molecule has 0 radical (unpaired) electrons. The maximum absolute atomic E-state index is 6.10. The topological polar surface area (TPSA) is 52.0 Å². The SMILES string of the molecule is Cn1cc([C@@H]2OCC[C@H]2CNc2ncccc2Cl)cn1. The molecule has 0 unspecified atom stereocenters. The van der Waals surface area contributed by atoms with E-state index in [0.717, 1.165) is 31.0 Å². The van der Waals surface area contributed by atoms with Gasteiger partial charge >= 0.3 is 0 Å². The van der Waals surface area contributed by atoms with Crippen LogP contribution in [-0.4, -0.2) is 27.9 Å². The molecule has 1 saturated heterocycles. The van der Waals surface area contributed by atoms with Crippen molar-refractivity contribution in [1.82, 2.24) is 14.8 Å². The predicted octanol–water partition coefficient (Wildman–Crippen LogP) is 2.66. The van der Waals surface area contributed by atoms with Crippen molar-refractivity contribution >= 4 is 17.4 Å². The van der Waals surface area contributed by atoms with Gasteiger partial charge in [-0.2, -0.15) is 5.10 Å². The van der Waals surface area contributed by atoms with E-state index in [1.54, 1.807) is 10.9 Å². The van der Waals surface area contributed by atoms with Gasteiger partial charge in [0.15, 0.2) is 0 Å². The number of aryl methyl sites for hydroxylation is 1. The summed E-state index contributed by atoms with van der Waals surface area (Å²) in [6, 6.07) is 3.66. The average Bonchev–Trinajstić information content (AvgIpc) is 3.06. The van der Waals surface area contributed by atoms with E-state index in [2.05, 4.69) is 15.4 Å². The number of nitrogens with zero attached hydrogens (tertiary/aromatic N) is 3. The van der Waals surface area contributed by atoms with Crippen molar-refractivity contribution in [3.8, 4) is 0 Å². The Labute approximate surface area is 122 Å². The van der Waals surface area contributed by atoms with Crippen molar-refractivity contribution in [3.05, 3.63) is 41.3 Å². The molecular formula is C14H17ClN4O. The molecule has 3 heterocycles. The molecule has 106 valence electrons. The summed E-state index contributed by atoms with van der Waals surface area (Å²) in [7, 11) is 1.92. The van der Waals surface area contributed by atoms with E-state index in [9.17, 15) is 0 Å². The molecule has 0 amide bonds. The molecular weight excluding hydrogens is 276 g/mol. The van der Waals surface area contributed by atoms with Crippen LogP contribution in [0.2, 0.25) is 5.02 Å². The van der Waals surface area contributed by atoms with Crippen LogP contribution < -0.4 is 5.32 Å². The van der Waals surface area contributed by atoms with Gasteiger partial charge in [0.25, 0.3) is 0 Å². The number of ether oxygens (including phenoxy) is 1. The Hall–Kier alpha value is -1.59. The van der Waals surface area contributed by atoms with Crippen molar-refractivity contribution in [1.29, 1.82) is 0 Å². The van der Waals surface area contributed by atoms with Crippen molar-refractivity contribution in [3.63, 3.8) is 0 Å². The second kappa shape index (κ2) is 5.81. The molecule has 0 aromatic carbocycles. The Morgan fingerprint density at radius 1 is 1.55 bits per heavy atom. The summed E-state index contributed by atoms with van der Waals surface area (Å²) in [6.07, 6.45) is 6.74. The third-order valence-corrected chi connectivity index (χ3v) is 3.86. The zero-order chi connectivity index (χ0) is 13.9. The van der Waals surface area contributed by atoms with Crippen LogP contribution >= 0.6 is 11.6 Å². The number of halogens is 1. The summed E-state index contributed by atoms with van der Waals surface area (Å²) >= 11 is 6.10. The minimum atomic E-state index is 0.0960. The lowest BCUT2D eigenvalue weighted by Crippen LogP contribution is -2.18. The molecule has 0 saturated carbocycles. The third kappa shape index (κ3) is 2.78. The van der Waals surface area contributed by atoms with Gasteiger partial charge in [-0.1, -0.05) is 11.6 Å². The minimum Gasteiger partial charge on any atom is -0.373 e. The molecule has 1 fully saturated rings. The minimum absolute atomic E-state index is 0.0960. The number of aromatic nitrogens is 3. The van der Waals surface area contributed by atoms with Crippen LogP contribution in [-0.2, 0) is 11.8 Å². The second-order valence-corrected chi connectivity index (χ2v) is 5.41. The zero-order valence-corrected chi connectivity index (χ0v) is 12.0. The van der Waals surface area contributed by atoms with E-state index < -0.39 is 0 Å². The Bertz CT molecular complexity index is 586. The Morgan fingerprint density at radius 3 is 3.20 bits per heavy atom. The van der Waals surface area contributed by atoms with Gasteiger partial charge in [0.2, 0.25) is 0 Å². The first kappa shape index (κ1) is 13.4. The number of rotatable bonds is 4. The monoisotopic (exact) mass is 292 g/mol. The van der Waals surface area contributed by atoms with Gasteiger partial charge in [-0.3, -0.25) is 4.68 Å². The molecule has 1 N–H and O–H groups in total. The second-order valence-electron chi connectivity index (χ2n) is 5.00. The summed E-state index contributed by atoms with van der Waals surface area (Å²) in [4.78, 5) is 4.24. The summed E-state index contributed by atoms with van der Waals surface area (Å²) in [6.45, 7) is 1.57. The molecule has 2 atom stereocenters. The fourth-order valence-electron chi connectivity index (χ4n) is 2.54. The lowest BCUT2D eigenvalue weighted by molar-refractivity contribution is 0.0932. The fourth-order valence-corrected chi connectivity index (χ4v) is 2.73. The molecule has 1 aliphatic heterocycles. The van der Waals surface area contributed by atoms with E-state index in [-0.39, 0.29) is 6.10 Å².